The maximum absolute atomic E-state index is 2.63. The molecule has 16 aromatic rings. The molecular weight excluding hydrogens is 1310 g/mol. The molecule has 0 N–H and O–H groups in total. The van der Waals surface area contributed by atoms with Gasteiger partial charge in [-0.3, -0.25) is 0 Å². The van der Waals surface area contributed by atoms with E-state index in [1.807, 2.05) is 0 Å². The van der Waals surface area contributed by atoms with Crippen molar-refractivity contribution in [1.29, 1.82) is 0 Å². The minimum Gasteiger partial charge on any atom is -0.311 e. The Morgan fingerprint density at radius 2 is 0.459 bits per heavy atom. The summed E-state index contributed by atoms with van der Waals surface area (Å²) in [5.74, 6) is -0.0630. The summed E-state index contributed by atoms with van der Waals surface area (Å²) >= 11 is 0. The second kappa shape index (κ2) is 28.3. The fourth-order valence-electron chi connectivity index (χ4n) is 18.1. The minimum absolute atomic E-state index is 0.0630. The average molecular weight is 1390 g/mol. The highest BCUT2D eigenvalue weighted by atomic mass is 15.2. The molecule has 109 heavy (non-hydrogen) atoms. The van der Waals surface area contributed by atoms with E-state index < -0.39 is 0 Å². The van der Waals surface area contributed by atoms with Gasteiger partial charge >= 0.3 is 0 Å². The van der Waals surface area contributed by atoms with Gasteiger partial charge in [0.15, 0.2) is 0 Å². The van der Waals surface area contributed by atoms with Crippen LogP contribution in [-0.2, 0) is 38.5 Å². The van der Waals surface area contributed by atoms with Crippen LogP contribution in [-0.4, -0.2) is 13.4 Å². The van der Waals surface area contributed by atoms with Crippen LogP contribution in [0, 0.1) is 0 Å². The summed E-state index contributed by atoms with van der Waals surface area (Å²) in [6.45, 7) is -0.191. The molecule has 0 bridgehead atoms. The molecule has 0 aliphatic carbocycles. The molecule has 0 spiro atoms. The molecule has 0 amide bonds. The Bertz CT molecular complexity index is 5770. The van der Waals surface area contributed by atoms with Crippen molar-refractivity contribution < 1.29 is 0 Å². The van der Waals surface area contributed by atoms with E-state index in [-0.39, 0.29) is 19.3 Å². The average Bonchev–Trinajstić information content (AvgIpc) is 0.703. The molecule has 4 heterocycles. The van der Waals surface area contributed by atoms with Crippen LogP contribution in [0.3, 0.4) is 0 Å². The van der Waals surface area contributed by atoms with Gasteiger partial charge in [0, 0.05) is 74.2 Å². The van der Waals surface area contributed by atoms with Crippen LogP contribution in [0.4, 0.5) is 68.2 Å². The predicted octanol–water partition coefficient (Wildman–Crippen LogP) is 21.2. The predicted molar refractivity (Wildman–Crippen MR) is 459 cm³/mol. The molecule has 4 aliphatic heterocycles. The number of hydrogen-bond acceptors (Lipinski definition) is 4. The zero-order chi connectivity index (χ0) is 72.1. The lowest BCUT2D eigenvalue weighted by molar-refractivity contribution is 0.806. The first-order valence-corrected chi connectivity index (χ1v) is 38.6. The molecule has 0 fully saturated rings. The Balaban J connectivity index is 0.803. The third-order valence-electron chi connectivity index (χ3n) is 23.0. The van der Waals surface area contributed by atoms with Gasteiger partial charge in [-0.15, -0.1) is 0 Å². The smallest absolute Gasteiger partial charge is 0.252 e. The van der Waals surface area contributed by atoms with Crippen molar-refractivity contribution >= 4 is 114 Å². The van der Waals surface area contributed by atoms with Gasteiger partial charge < -0.3 is 19.6 Å². The highest BCUT2D eigenvalue weighted by molar-refractivity contribution is 7.01. The van der Waals surface area contributed by atoms with Gasteiger partial charge in [-0.2, -0.15) is 0 Å². The molecule has 0 saturated carbocycles. The van der Waals surface area contributed by atoms with E-state index in [0.29, 0.717) is 0 Å². The van der Waals surface area contributed by atoms with E-state index in [9.17, 15) is 0 Å². The Labute approximate surface area is 641 Å². The highest BCUT2D eigenvalue weighted by Crippen LogP contribution is 2.49. The number of fused-ring (bicyclic) bond motifs is 8. The molecule has 20 rings (SSSR count). The third-order valence-corrected chi connectivity index (χ3v) is 23.0. The molecule has 0 saturated heterocycles. The summed E-state index contributed by atoms with van der Waals surface area (Å²) < 4.78 is 0. The van der Waals surface area contributed by atoms with E-state index in [2.05, 4.69) is 414 Å². The normalized spacial score (nSPS) is 13.0. The Morgan fingerprint density at radius 1 is 0.183 bits per heavy atom. The van der Waals surface area contributed by atoms with Crippen LogP contribution in [0.5, 0.6) is 0 Å². The highest BCUT2D eigenvalue weighted by Gasteiger charge is 2.46. The van der Waals surface area contributed by atoms with E-state index in [1.165, 1.54) is 151 Å². The Morgan fingerprint density at radius 3 is 0.826 bits per heavy atom. The quantitative estimate of drug-likeness (QED) is 0.0794. The van der Waals surface area contributed by atoms with Crippen LogP contribution in [0.25, 0.3) is 0 Å². The summed E-state index contributed by atoms with van der Waals surface area (Å²) in [5, 5.41) is 0. The maximum Gasteiger partial charge on any atom is 0.252 e. The number of nitrogens with zero attached hydrogens (tertiary/aromatic N) is 4. The van der Waals surface area contributed by atoms with Crippen LogP contribution in [0.15, 0.2) is 394 Å². The van der Waals surface area contributed by atoms with Crippen LogP contribution >= 0.6 is 0 Å². The topological polar surface area (TPSA) is 13.0 Å². The van der Waals surface area contributed by atoms with Gasteiger partial charge in [0.25, 0.3) is 13.4 Å². The molecule has 16 aromatic carbocycles. The van der Waals surface area contributed by atoms with Crippen LogP contribution < -0.4 is 52.4 Å². The SMILES string of the molecule is c1ccc(Cc2ccc(N3c4ccc(Cc5ccccc5)cc4B4c5cc(Cc6ccccc6)ccc5N(c5ccc(Cc6ccccc6)cc5)c5cc(CC(c6ccccc6)c6ccc7c(c6)B6c8cc(Cc9ccccc9)ccc8N(c8ccccc8)c8cccc(c86)N7c6ccccc6)cc3c54)cc2)cc1. The summed E-state index contributed by atoms with van der Waals surface area (Å²) in [7, 11) is 0. The van der Waals surface area contributed by atoms with Crippen LogP contribution in [0.1, 0.15) is 78.2 Å². The Kier molecular flexibility index (Phi) is 17.0. The standard InChI is InChI=1S/C103H78B2N4/c1-9-26-72(27-10-1)60-77-44-52-87(53-45-77)108-95-57-49-80(63-75-32-15-4-16-33-75)67-91(95)104-92-68-81(64-76-34-17-5-18-35-76)50-58-96(92)109(88-54-46-78(47-55-88)61-73-28-11-2-12-29-73)101-70-82(69-100(108)103(101)104)65-89(83-36-19-6-20-37-83)84-51-59-97-93(71-84)105-90-66-79(62-74-30-13-3-14-31-74)48-56-94(90)106(85-38-21-7-22-39-85)98-42-25-43-99(102(98)105)107(97)86-40-23-8-24-41-86/h1-59,66-71,89H,60-65H2. The molecule has 4 aliphatic rings. The van der Waals surface area contributed by atoms with Gasteiger partial charge in [-0.1, -0.05) is 297 Å². The third kappa shape index (κ3) is 12.4. The van der Waals surface area contributed by atoms with Gasteiger partial charge in [0.2, 0.25) is 0 Å². The van der Waals surface area contributed by atoms with Crippen molar-refractivity contribution in [2.45, 2.75) is 44.4 Å². The molecule has 4 nitrogen and oxygen atoms in total. The summed E-state index contributed by atoms with van der Waals surface area (Å²) in [5.41, 5.74) is 38.8. The van der Waals surface area contributed by atoms with Crippen molar-refractivity contribution in [2.75, 3.05) is 19.6 Å². The monoisotopic (exact) mass is 1390 g/mol. The number of anilines is 12. The lowest BCUT2D eigenvalue weighted by atomic mass is 9.33. The summed E-state index contributed by atoms with van der Waals surface area (Å²) in [4.78, 5) is 10.3. The van der Waals surface area contributed by atoms with Crippen molar-refractivity contribution in [3.8, 4) is 0 Å². The fourth-order valence-corrected chi connectivity index (χ4v) is 18.1. The maximum atomic E-state index is 2.63. The van der Waals surface area contributed by atoms with Crippen molar-refractivity contribution in [3.63, 3.8) is 0 Å². The van der Waals surface area contributed by atoms with E-state index in [4.69, 9.17) is 0 Å². The second-order valence-electron chi connectivity index (χ2n) is 29.9. The summed E-state index contributed by atoms with van der Waals surface area (Å²) in [6.07, 6.45) is 4.91. The first-order chi connectivity index (χ1) is 54.0. The minimum atomic E-state index is -0.104. The molecular formula is C103H78B2N4. The Hall–Kier alpha value is -13.2. The van der Waals surface area contributed by atoms with Gasteiger partial charge in [0.1, 0.15) is 0 Å². The lowest BCUT2D eigenvalue weighted by Gasteiger charge is -2.45. The molecule has 0 aromatic heterocycles. The fraction of sp³-hybridized carbons (Fsp3) is 0.0680. The largest absolute Gasteiger partial charge is 0.311 e. The molecule has 1 atom stereocenters. The zero-order valence-electron chi connectivity index (χ0n) is 60.8. The lowest BCUT2D eigenvalue weighted by Crippen LogP contribution is -2.61. The van der Waals surface area contributed by atoms with Crippen molar-refractivity contribution in [1.82, 2.24) is 0 Å². The first kappa shape index (κ1) is 65.4. The molecule has 1 unspecified atom stereocenters. The number of rotatable bonds is 18. The number of para-hydroxylation sites is 2. The number of hydrogen-bond donors (Lipinski definition) is 0. The van der Waals surface area contributed by atoms with Crippen molar-refractivity contribution in [3.05, 3.63) is 467 Å². The van der Waals surface area contributed by atoms with E-state index in [1.54, 1.807) is 0 Å². The number of benzene rings is 16. The van der Waals surface area contributed by atoms with E-state index >= 15 is 0 Å². The van der Waals surface area contributed by atoms with E-state index in [0.717, 1.165) is 61.3 Å². The van der Waals surface area contributed by atoms with Gasteiger partial charge in [0.05, 0.1) is 0 Å². The molecule has 0 radical (unpaired) electrons. The zero-order valence-corrected chi connectivity index (χ0v) is 60.8. The van der Waals surface area contributed by atoms with Crippen LogP contribution in [0.2, 0.25) is 0 Å². The van der Waals surface area contributed by atoms with Gasteiger partial charge in [-0.05, 0) is 241 Å². The molecule has 516 valence electrons. The first-order valence-electron chi connectivity index (χ1n) is 38.6. The van der Waals surface area contributed by atoms with Gasteiger partial charge in [-0.25, -0.2) is 0 Å². The summed E-state index contributed by atoms with van der Waals surface area (Å²) in [6, 6.07) is 149. The molecule has 6 heteroatoms. The second-order valence-corrected chi connectivity index (χ2v) is 29.9. The van der Waals surface area contributed by atoms with Crippen molar-refractivity contribution in [2.24, 2.45) is 0 Å².